The van der Waals surface area contributed by atoms with Crippen molar-refractivity contribution in [3.63, 3.8) is 0 Å². The molecular weight excluding hydrogens is 290 g/mol. The molecule has 0 saturated carbocycles. The van der Waals surface area contributed by atoms with Gasteiger partial charge < -0.3 is 5.32 Å². The second-order valence-corrected chi connectivity index (χ2v) is 5.78. The Balaban J connectivity index is 1.67. The van der Waals surface area contributed by atoms with Crippen LogP contribution in [0.1, 0.15) is 17.2 Å². The molecule has 21 heavy (non-hydrogen) atoms. The summed E-state index contributed by atoms with van der Waals surface area (Å²) in [6.45, 7) is 0.139. The number of aliphatic imine (C=N–C) groups is 1. The van der Waals surface area contributed by atoms with Gasteiger partial charge >= 0.3 is 0 Å². The van der Waals surface area contributed by atoms with Gasteiger partial charge in [0.1, 0.15) is 11.6 Å². The van der Waals surface area contributed by atoms with Crippen LogP contribution in [-0.4, -0.2) is 10.9 Å². The van der Waals surface area contributed by atoms with Crippen molar-refractivity contribution in [2.45, 2.75) is 12.6 Å². The Hall–Kier alpha value is -1.88. The minimum Gasteiger partial charge on any atom is -0.357 e. The van der Waals surface area contributed by atoms with E-state index >= 15 is 0 Å². The van der Waals surface area contributed by atoms with E-state index < -0.39 is 11.6 Å². The third-order valence-electron chi connectivity index (χ3n) is 3.29. The van der Waals surface area contributed by atoms with Crippen molar-refractivity contribution in [2.75, 3.05) is 5.75 Å². The molecule has 0 aromatic heterocycles. The fourth-order valence-electron chi connectivity index (χ4n) is 2.17. The van der Waals surface area contributed by atoms with Gasteiger partial charge in [0.2, 0.25) is 0 Å². The predicted octanol–water partition coefficient (Wildman–Crippen LogP) is 3.90. The average molecular weight is 304 g/mol. The highest BCUT2D eigenvalue weighted by Crippen LogP contribution is 2.26. The smallest absolute Gasteiger partial charge is 0.157 e. The van der Waals surface area contributed by atoms with E-state index in [9.17, 15) is 8.78 Å². The second-order valence-electron chi connectivity index (χ2n) is 4.78. The number of rotatable bonds is 3. The molecule has 1 aliphatic rings. The van der Waals surface area contributed by atoms with Gasteiger partial charge in [-0.05, 0) is 23.8 Å². The van der Waals surface area contributed by atoms with Gasteiger partial charge in [0.25, 0.3) is 0 Å². The maximum Gasteiger partial charge on any atom is 0.157 e. The van der Waals surface area contributed by atoms with Crippen molar-refractivity contribution < 1.29 is 8.78 Å². The highest BCUT2D eigenvalue weighted by molar-refractivity contribution is 8.14. The first-order valence-electron chi connectivity index (χ1n) is 6.65. The Morgan fingerprint density at radius 2 is 1.95 bits per heavy atom. The monoisotopic (exact) mass is 304 g/mol. The third-order valence-corrected chi connectivity index (χ3v) is 4.31. The predicted molar refractivity (Wildman–Crippen MR) is 82.3 cm³/mol. The number of amidine groups is 1. The van der Waals surface area contributed by atoms with E-state index in [1.165, 1.54) is 11.6 Å². The standard InChI is InChI=1S/C16H14F2N2S/c17-13-6-7-14(18)12(8-13)9-19-16-20-15(10-21-16)11-4-2-1-3-5-11/h1-8,15H,9-10H2,(H,19,20). The molecule has 1 N–H and O–H groups in total. The molecule has 1 saturated heterocycles. The molecule has 0 aliphatic carbocycles. The minimum atomic E-state index is -0.444. The Morgan fingerprint density at radius 3 is 2.76 bits per heavy atom. The number of hydrogen-bond donors (Lipinski definition) is 1. The number of hydrogen-bond acceptors (Lipinski definition) is 2. The summed E-state index contributed by atoms with van der Waals surface area (Å²) < 4.78 is 26.6. The van der Waals surface area contributed by atoms with Crippen molar-refractivity contribution in [1.82, 2.24) is 5.32 Å². The van der Waals surface area contributed by atoms with Crippen LogP contribution < -0.4 is 5.32 Å². The summed E-state index contributed by atoms with van der Waals surface area (Å²) in [4.78, 5) is 4.33. The Bertz CT molecular complexity index is 659. The van der Waals surface area contributed by atoms with Crippen molar-refractivity contribution in [1.29, 1.82) is 0 Å². The zero-order valence-corrected chi connectivity index (χ0v) is 12.0. The molecule has 0 amide bonds. The summed E-state index contributed by atoms with van der Waals surface area (Å²) in [6.07, 6.45) is 0. The molecular formula is C16H14F2N2S. The molecule has 0 bridgehead atoms. The van der Waals surface area contributed by atoms with Gasteiger partial charge in [0.15, 0.2) is 5.17 Å². The number of nitrogens with zero attached hydrogens (tertiary/aromatic N) is 1. The SMILES string of the molecule is Fc1ccc(F)c(CN=C2NC(c3ccccc3)CS2)c1. The average Bonchev–Trinajstić information content (AvgIpc) is 2.98. The van der Waals surface area contributed by atoms with Crippen LogP contribution >= 0.6 is 11.8 Å². The van der Waals surface area contributed by atoms with Gasteiger partial charge in [-0.1, -0.05) is 42.1 Å². The lowest BCUT2D eigenvalue weighted by molar-refractivity contribution is 0.586. The van der Waals surface area contributed by atoms with Crippen LogP contribution in [0.15, 0.2) is 53.5 Å². The Labute approximate surface area is 126 Å². The zero-order valence-electron chi connectivity index (χ0n) is 11.2. The lowest BCUT2D eigenvalue weighted by Gasteiger charge is -2.09. The fourth-order valence-corrected chi connectivity index (χ4v) is 3.15. The molecule has 1 aliphatic heterocycles. The van der Waals surface area contributed by atoms with Crippen LogP contribution in [-0.2, 0) is 6.54 Å². The van der Waals surface area contributed by atoms with Crippen LogP contribution in [0.25, 0.3) is 0 Å². The van der Waals surface area contributed by atoms with Crippen LogP contribution in [0.3, 0.4) is 0 Å². The molecule has 1 unspecified atom stereocenters. The van der Waals surface area contributed by atoms with Gasteiger partial charge in [-0.2, -0.15) is 0 Å². The summed E-state index contributed by atoms with van der Waals surface area (Å²) in [6, 6.07) is 13.7. The van der Waals surface area contributed by atoms with E-state index in [4.69, 9.17) is 0 Å². The highest BCUT2D eigenvalue weighted by Gasteiger charge is 2.21. The van der Waals surface area contributed by atoms with Crippen molar-refractivity contribution in [3.8, 4) is 0 Å². The zero-order chi connectivity index (χ0) is 14.7. The molecule has 0 spiro atoms. The molecule has 108 valence electrons. The number of halogens is 2. The fraction of sp³-hybridized carbons (Fsp3) is 0.188. The van der Waals surface area contributed by atoms with Crippen molar-refractivity contribution in [2.24, 2.45) is 4.99 Å². The molecule has 2 nitrogen and oxygen atoms in total. The first kappa shape index (κ1) is 14.1. The van der Waals surface area contributed by atoms with Gasteiger partial charge in [-0.25, -0.2) is 8.78 Å². The van der Waals surface area contributed by atoms with Gasteiger partial charge in [0.05, 0.1) is 12.6 Å². The third kappa shape index (κ3) is 3.42. The van der Waals surface area contributed by atoms with E-state index in [1.807, 2.05) is 18.2 Å². The molecule has 2 aromatic carbocycles. The first-order chi connectivity index (χ1) is 10.2. The van der Waals surface area contributed by atoms with Gasteiger partial charge in [0, 0.05) is 11.3 Å². The molecule has 1 fully saturated rings. The lowest BCUT2D eigenvalue weighted by atomic mass is 10.1. The number of thioether (sulfide) groups is 1. The highest BCUT2D eigenvalue weighted by atomic mass is 32.2. The summed E-state index contributed by atoms with van der Waals surface area (Å²) in [5.41, 5.74) is 1.47. The topological polar surface area (TPSA) is 24.4 Å². The maximum atomic E-state index is 13.5. The Morgan fingerprint density at radius 1 is 1.14 bits per heavy atom. The number of benzene rings is 2. The molecule has 1 atom stereocenters. The molecule has 3 rings (SSSR count). The molecule has 0 radical (unpaired) electrons. The summed E-state index contributed by atoms with van der Waals surface area (Å²) in [5.74, 6) is 0.0123. The number of nitrogens with one attached hydrogen (secondary N) is 1. The first-order valence-corrected chi connectivity index (χ1v) is 7.63. The van der Waals surface area contributed by atoms with E-state index in [-0.39, 0.29) is 18.2 Å². The largest absolute Gasteiger partial charge is 0.357 e. The molecule has 1 heterocycles. The van der Waals surface area contributed by atoms with Crippen LogP contribution in [0.4, 0.5) is 8.78 Å². The van der Waals surface area contributed by atoms with Crippen LogP contribution in [0.2, 0.25) is 0 Å². The summed E-state index contributed by atoms with van der Waals surface area (Å²) in [7, 11) is 0. The second kappa shape index (κ2) is 6.26. The maximum absolute atomic E-state index is 13.5. The normalized spacial score (nSPS) is 19.7. The quantitative estimate of drug-likeness (QED) is 0.930. The van der Waals surface area contributed by atoms with Crippen molar-refractivity contribution in [3.05, 3.63) is 71.3 Å². The summed E-state index contributed by atoms with van der Waals surface area (Å²) >= 11 is 1.60. The van der Waals surface area contributed by atoms with E-state index in [2.05, 4.69) is 22.4 Å². The molecule has 2 aromatic rings. The molecule has 5 heteroatoms. The minimum absolute atomic E-state index is 0.139. The van der Waals surface area contributed by atoms with Crippen LogP contribution in [0.5, 0.6) is 0 Å². The van der Waals surface area contributed by atoms with Crippen LogP contribution in [0, 0.1) is 11.6 Å². The van der Waals surface area contributed by atoms with E-state index in [0.717, 1.165) is 23.1 Å². The van der Waals surface area contributed by atoms with E-state index in [1.54, 1.807) is 11.8 Å². The van der Waals surface area contributed by atoms with Crippen molar-refractivity contribution >= 4 is 16.9 Å². The van der Waals surface area contributed by atoms with Gasteiger partial charge in [-0.3, -0.25) is 4.99 Å². The summed E-state index contributed by atoms with van der Waals surface area (Å²) in [5, 5.41) is 4.08. The van der Waals surface area contributed by atoms with Gasteiger partial charge in [-0.15, -0.1) is 0 Å². The Kier molecular flexibility index (Phi) is 4.20. The van der Waals surface area contributed by atoms with E-state index in [0.29, 0.717) is 0 Å². The lowest BCUT2D eigenvalue weighted by Crippen LogP contribution is -2.19.